The number of nitrogens with one attached hydrogen (secondary N) is 1. The molecule has 0 atom stereocenters. The van der Waals surface area contributed by atoms with Crippen molar-refractivity contribution in [3.8, 4) is 0 Å². The molecule has 0 aromatic heterocycles. The quantitative estimate of drug-likeness (QED) is 0.706. The van der Waals surface area contributed by atoms with Crippen molar-refractivity contribution in [2.45, 2.75) is 104 Å². The molecule has 3 fully saturated rings. The molecule has 0 aliphatic heterocycles. The smallest absolute Gasteiger partial charge is 0.408 e. The molecule has 21 heavy (non-hydrogen) atoms. The molecule has 0 radical (unpaired) electrons. The maximum atomic E-state index is 14.0. The van der Waals surface area contributed by atoms with Gasteiger partial charge in [-0.25, -0.2) is 9.18 Å². The summed E-state index contributed by atoms with van der Waals surface area (Å²) in [6.07, 6.45) is 3.56. The Labute approximate surface area is 130 Å². The summed E-state index contributed by atoms with van der Waals surface area (Å²) in [5.74, 6) is 0. The normalized spacial score (nSPS) is 30.3. The van der Waals surface area contributed by atoms with Crippen LogP contribution in [0.3, 0.4) is 0 Å². The Morgan fingerprint density at radius 3 is 1.67 bits per heavy atom. The molecule has 3 rings (SSSR count). The lowest BCUT2D eigenvalue weighted by Crippen LogP contribution is -2.58. The van der Waals surface area contributed by atoms with Crippen LogP contribution in [0.1, 0.15) is 87.0 Å². The van der Waals surface area contributed by atoms with E-state index in [4.69, 9.17) is 4.74 Å². The number of carbonyl (C=O) groups excluding carboxylic acids is 1. The van der Waals surface area contributed by atoms with Crippen LogP contribution in [0.15, 0.2) is 0 Å². The number of amides is 1. The number of ether oxygens (including phenoxy) is 1. The molecule has 4 heteroatoms. The van der Waals surface area contributed by atoms with Crippen LogP contribution in [-0.2, 0) is 4.74 Å². The van der Waals surface area contributed by atoms with Crippen molar-refractivity contribution in [3.63, 3.8) is 0 Å². The molecular weight excluding hydrogens is 269 g/mol. The number of alkyl carbamates (subject to hydrolysis) is 1. The number of carbonyl (C=O) groups is 1. The number of hydrogen-bond donors (Lipinski definition) is 1. The fourth-order valence-electron chi connectivity index (χ4n) is 2.85. The standard InChI is InChI=1S/C13H22FNO2.2C2H6/c1-11(2,3)17-10(16)15-13-7-4-12(14,5-8-13)6-9-13;2*1-2/h4-9H2,1-3H3,(H,15,16);2*1-2H3. The van der Waals surface area contributed by atoms with Crippen LogP contribution in [0.4, 0.5) is 9.18 Å². The third-order valence-electron chi connectivity index (χ3n) is 3.92. The first kappa shape index (κ1) is 20.2. The van der Waals surface area contributed by atoms with Crippen molar-refractivity contribution >= 4 is 6.09 Å². The molecule has 0 aromatic rings. The lowest BCUT2D eigenvalue weighted by molar-refractivity contribution is -0.0163. The van der Waals surface area contributed by atoms with Gasteiger partial charge in [-0.2, -0.15) is 0 Å². The Hall–Kier alpha value is -0.800. The summed E-state index contributed by atoms with van der Waals surface area (Å²) in [6.45, 7) is 13.5. The number of rotatable bonds is 1. The van der Waals surface area contributed by atoms with Gasteiger partial charge in [0.05, 0.1) is 0 Å². The van der Waals surface area contributed by atoms with E-state index in [1.807, 2.05) is 48.5 Å². The Balaban J connectivity index is 0.000000921. The van der Waals surface area contributed by atoms with E-state index in [0.29, 0.717) is 19.3 Å². The average molecular weight is 303 g/mol. The maximum absolute atomic E-state index is 14.0. The fourth-order valence-corrected chi connectivity index (χ4v) is 2.85. The number of hydrogen-bond acceptors (Lipinski definition) is 2. The second-order valence-corrected chi connectivity index (χ2v) is 6.56. The number of fused-ring (bicyclic) bond motifs is 3. The summed E-state index contributed by atoms with van der Waals surface area (Å²) in [7, 11) is 0. The maximum Gasteiger partial charge on any atom is 0.408 e. The highest BCUT2D eigenvalue weighted by Crippen LogP contribution is 2.48. The molecular formula is C17H34FNO2. The predicted octanol–water partition coefficient (Wildman–Crippen LogP) is 5.38. The Kier molecular flexibility index (Phi) is 7.69. The minimum atomic E-state index is -0.961. The zero-order valence-electron chi connectivity index (χ0n) is 14.9. The minimum Gasteiger partial charge on any atom is -0.444 e. The molecule has 1 amide bonds. The summed E-state index contributed by atoms with van der Waals surface area (Å²) in [5.41, 5.74) is -1.65. The molecule has 0 unspecified atom stereocenters. The van der Waals surface area contributed by atoms with E-state index in [2.05, 4.69) is 5.32 Å². The van der Waals surface area contributed by atoms with E-state index in [0.717, 1.165) is 19.3 Å². The van der Waals surface area contributed by atoms with Crippen molar-refractivity contribution in [1.82, 2.24) is 5.32 Å². The lowest BCUT2D eigenvalue weighted by atomic mass is 9.64. The first-order chi connectivity index (χ1) is 9.72. The highest BCUT2D eigenvalue weighted by Gasteiger charge is 2.50. The van der Waals surface area contributed by atoms with E-state index in [1.165, 1.54) is 0 Å². The van der Waals surface area contributed by atoms with E-state index >= 15 is 0 Å². The summed E-state index contributed by atoms with van der Waals surface area (Å²) < 4.78 is 19.2. The Bertz CT molecular complexity index is 299. The summed E-state index contributed by atoms with van der Waals surface area (Å²) >= 11 is 0. The highest BCUT2D eigenvalue weighted by atomic mass is 19.1. The van der Waals surface area contributed by atoms with Gasteiger partial charge in [-0.15, -0.1) is 0 Å². The van der Waals surface area contributed by atoms with Gasteiger partial charge in [0, 0.05) is 5.54 Å². The topological polar surface area (TPSA) is 38.3 Å². The van der Waals surface area contributed by atoms with Crippen molar-refractivity contribution < 1.29 is 13.9 Å². The molecule has 3 saturated carbocycles. The molecule has 126 valence electrons. The molecule has 0 heterocycles. The van der Waals surface area contributed by atoms with Crippen molar-refractivity contribution in [1.29, 1.82) is 0 Å². The first-order valence-corrected chi connectivity index (χ1v) is 8.42. The van der Waals surface area contributed by atoms with Crippen LogP contribution in [0, 0.1) is 0 Å². The first-order valence-electron chi connectivity index (χ1n) is 8.42. The summed E-state index contributed by atoms with van der Waals surface area (Å²) in [4.78, 5) is 11.8. The molecule has 0 spiro atoms. The van der Waals surface area contributed by atoms with Gasteiger partial charge < -0.3 is 10.1 Å². The van der Waals surface area contributed by atoms with E-state index < -0.39 is 11.3 Å². The van der Waals surface area contributed by atoms with Crippen LogP contribution in [-0.4, -0.2) is 22.9 Å². The minimum absolute atomic E-state index is 0.212. The van der Waals surface area contributed by atoms with Crippen molar-refractivity contribution in [3.05, 3.63) is 0 Å². The predicted molar refractivity (Wildman–Crippen MR) is 86.3 cm³/mol. The van der Waals surface area contributed by atoms with E-state index in [9.17, 15) is 9.18 Å². The summed E-state index contributed by atoms with van der Waals surface area (Å²) in [6, 6.07) is 0. The fraction of sp³-hybridized carbons (Fsp3) is 0.941. The van der Waals surface area contributed by atoms with E-state index in [1.54, 1.807) is 0 Å². The summed E-state index contributed by atoms with van der Waals surface area (Å²) in [5, 5.41) is 2.97. The number of alkyl halides is 1. The van der Waals surface area contributed by atoms with Crippen LogP contribution in [0.2, 0.25) is 0 Å². The zero-order valence-corrected chi connectivity index (χ0v) is 14.9. The molecule has 0 aromatic carbocycles. The second kappa shape index (κ2) is 8.00. The molecule has 3 nitrogen and oxygen atoms in total. The van der Waals surface area contributed by atoms with Gasteiger partial charge in [-0.3, -0.25) is 0 Å². The van der Waals surface area contributed by atoms with Gasteiger partial charge >= 0.3 is 6.09 Å². The molecule has 2 bridgehead atoms. The van der Waals surface area contributed by atoms with Gasteiger partial charge in [0.15, 0.2) is 0 Å². The zero-order chi connectivity index (χ0) is 16.7. The van der Waals surface area contributed by atoms with Gasteiger partial charge in [0.2, 0.25) is 0 Å². The van der Waals surface area contributed by atoms with Crippen LogP contribution in [0.5, 0.6) is 0 Å². The molecule has 0 saturated heterocycles. The lowest BCUT2D eigenvalue weighted by Gasteiger charge is -2.49. The molecule has 3 aliphatic rings. The highest BCUT2D eigenvalue weighted by molar-refractivity contribution is 5.69. The van der Waals surface area contributed by atoms with Crippen LogP contribution < -0.4 is 5.32 Å². The monoisotopic (exact) mass is 303 g/mol. The van der Waals surface area contributed by atoms with E-state index in [-0.39, 0.29) is 11.6 Å². The van der Waals surface area contributed by atoms with Gasteiger partial charge in [-0.1, -0.05) is 27.7 Å². The third-order valence-corrected chi connectivity index (χ3v) is 3.92. The number of halogens is 1. The van der Waals surface area contributed by atoms with Crippen molar-refractivity contribution in [2.24, 2.45) is 0 Å². The average Bonchev–Trinajstić information content (AvgIpc) is 2.43. The largest absolute Gasteiger partial charge is 0.444 e. The molecule has 3 aliphatic carbocycles. The van der Waals surface area contributed by atoms with Gasteiger partial charge in [0.25, 0.3) is 0 Å². The van der Waals surface area contributed by atoms with Crippen molar-refractivity contribution in [2.75, 3.05) is 0 Å². The van der Waals surface area contributed by atoms with Crippen LogP contribution in [0.25, 0.3) is 0 Å². The second-order valence-electron chi connectivity index (χ2n) is 6.56. The van der Waals surface area contributed by atoms with Crippen LogP contribution >= 0.6 is 0 Å². The third kappa shape index (κ3) is 6.23. The Morgan fingerprint density at radius 1 is 0.952 bits per heavy atom. The molecule has 1 N–H and O–H groups in total. The van der Waals surface area contributed by atoms with Gasteiger partial charge in [0.1, 0.15) is 11.3 Å². The Morgan fingerprint density at radius 2 is 1.33 bits per heavy atom. The SMILES string of the molecule is CC.CC.CC(C)(C)OC(=O)NC12CCC(F)(CC1)CC2. The van der Waals surface area contributed by atoms with Gasteiger partial charge in [-0.05, 0) is 59.3 Å².